The Morgan fingerprint density at radius 3 is 1.91 bits per heavy atom. The molecule has 2 aromatic heterocycles. The van der Waals surface area contributed by atoms with E-state index in [9.17, 15) is 0 Å². The molecule has 0 unspecified atom stereocenters. The van der Waals surface area contributed by atoms with E-state index in [4.69, 9.17) is 9.97 Å². The monoisotopic (exact) mass is 553 g/mol. The molecule has 2 heterocycles. The van der Waals surface area contributed by atoms with E-state index in [1.807, 2.05) is 36.4 Å². The zero-order valence-electron chi connectivity index (χ0n) is 17.4. The first kappa shape index (κ1) is 20.3. The van der Waals surface area contributed by atoms with Gasteiger partial charge in [-0.15, -0.1) is 0 Å². The number of imidazole rings is 1. The van der Waals surface area contributed by atoms with Crippen LogP contribution in [-0.2, 0) is 0 Å². The molecule has 0 aliphatic rings. The maximum absolute atomic E-state index is 5.23. The topological polar surface area (TPSA) is 30.2 Å². The summed E-state index contributed by atoms with van der Waals surface area (Å²) in [6, 6.07) is 35.2. The normalized spacial score (nSPS) is 11.3. The molecule has 0 spiro atoms. The standard InChI is InChI=1S/C28H17Br2N3/c29-21-13-11-20(12-14-21)27-31-24-16-15-22(30)17-23(24)28-32-25(18-7-3-1-4-8-18)26(33(27)28)19-9-5-2-6-10-19/h1-17H. The first-order valence-corrected chi connectivity index (χ1v) is 12.2. The summed E-state index contributed by atoms with van der Waals surface area (Å²) < 4.78 is 4.24. The molecule has 0 saturated heterocycles. The van der Waals surface area contributed by atoms with Crippen LogP contribution in [0.4, 0.5) is 0 Å². The van der Waals surface area contributed by atoms with Crippen LogP contribution in [0.5, 0.6) is 0 Å². The molecule has 0 aliphatic carbocycles. The molecule has 0 saturated carbocycles. The summed E-state index contributed by atoms with van der Waals surface area (Å²) in [4.78, 5) is 10.3. The summed E-state index contributed by atoms with van der Waals surface area (Å²) in [6.07, 6.45) is 0. The van der Waals surface area contributed by atoms with Crippen LogP contribution >= 0.6 is 31.9 Å². The van der Waals surface area contributed by atoms with E-state index in [2.05, 4.69) is 103 Å². The highest BCUT2D eigenvalue weighted by Crippen LogP contribution is 2.38. The van der Waals surface area contributed by atoms with Crippen LogP contribution in [0, 0.1) is 0 Å². The lowest BCUT2D eigenvalue weighted by Gasteiger charge is -2.12. The summed E-state index contributed by atoms with van der Waals surface area (Å²) in [5, 5.41) is 1.00. The first-order valence-electron chi connectivity index (χ1n) is 10.6. The Hall–Kier alpha value is -3.28. The van der Waals surface area contributed by atoms with Crippen LogP contribution in [0.15, 0.2) is 112 Å². The molecular formula is C28H17Br2N3. The van der Waals surface area contributed by atoms with E-state index in [0.717, 1.165) is 59.4 Å². The molecule has 0 atom stereocenters. The number of nitrogens with zero attached hydrogens (tertiary/aromatic N) is 3. The van der Waals surface area contributed by atoms with Crippen molar-refractivity contribution in [2.75, 3.05) is 0 Å². The maximum atomic E-state index is 5.23. The molecule has 3 nitrogen and oxygen atoms in total. The predicted molar refractivity (Wildman–Crippen MR) is 142 cm³/mol. The van der Waals surface area contributed by atoms with Gasteiger partial charge < -0.3 is 0 Å². The number of fused-ring (bicyclic) bond motifs is 3. The molecule has 0 fully saturated rings. The average molecular weight is 555 g/mol. The van der Waals surface area contributed by atoms with Crippen LogP contribution in [0.1, 0.15) is 0 Å². The minimum Gasteiger partial charge on any atom is -0.275 e. The van der Waals surface area contributed by atoms with Crippen molar-refractivity contribution in [3.63, 3.8) is 0 Å². The summed E-state index contributed by atoms with van der Waals surface area (Å²) in [5.74, 6) is 0.862. The zero-order chi connectivity index (χ0) is 22.4. The largest absolute Gasteiger partial charge is 0.275 e. The minimum absolute atomic E-state index is 0.862. The predicted octanol–water partition coefficient (Wildman–Crippen LogP) is 8.41. The van der Waals surface area contributed by atoms with Gasteiger partial charge in [-0.3, -0.25) is 4.40 Å². The highest BCUT2D eigenvalue weighted by molar-refractivity contribution is 9.10. The number of hydrogen-bond donors (Lipinski definition) is 0. The Morgan fingerprint density at radius 2 is 1.21 bits per heavy atom. The van der Waals surface area contributed by atoms with Crippen molar-refractivity contribution in [2.45, 2.75) is 0 Å². The van der Waals surface area contributed by atoms with Crippen LogP contribution in [0.3, 0.4) is 0 Å². The smallest absolute Gasteiger partial charge is 0.149 e. The molecule has 0 amide bonds. The van der Waals surface area contributed by atoms with Gasteiger partial charge in [-0.05, 0) is 30.3 Å². The quantitative estimate of drug-likeness (QED) is 0.220. The summed E-state index contributed by atoms with van der Waals surface area (Å²) in [5.41, 5.74) is 6.97. The van der Waals surface area contributed by atoms with Crippen molar-refractivity contribution in [2.24, 2.45) is 0 Å². The second-order valence-corrected chi connectivity index (χ2v) is 9.64. The fourth-order valence-corrected chi connectivity index (χ4v) is 4.83. The van der Waals surface area contributed by atoms with Gasteiger partial charge in [0.25, 0.3) is 0 Å². The van der Waals surface area contributed by atoms with Crippen LogP contribution in [0.25, 0.3) is 50.5 Å². The molecule has 0 radical (unpaired) electrons. The second kappa shape index (κ2) is 8.25. The summed E-state index contributed by atoms with van der Waals surface area (Å²) in [7, 11) is 0. The second-order valence-electron chi connectivity index (χ2n) is 7.80. The molecule has 0 bridgehead atoms. The highest BCUT2D eigenvalue weighted by atomic mass is 79.9. The molecule has 6 rings (SSSR count). The Morgan fingerprint density at radius 1 is 0.576 bits per heavy atom. The molecule has 0 aliphatic heterocycles. The van der Waals surface area contributed by atoms with Gasteiger partial charge in [-0.1, -0.05) is 105 Å². The van der Waals surface area contributed by atoms with Gasteiger partial charge in [-0.25, -0.2) is 9.97 Å². The van der Waals surface area contributed by atoms with E-state index >= 15 is 0 Å². The van der Waals surface area contributed by atoms with Gasteiger partial charge in [0.15, 0.2) is 0 Å². The van der Waals surface area contributed by atoms with E-state index in [1.54, 1.807) is 0 Å². The number of rotatable bonds is 3. The average Bonchev–Trinajstić information content (AvgIpc) is 3.26. The third kappa shape index (κ3) is 3.58. The van der Waals surface area contributed by atoms with Crippen LogP contribution < -0.4 is 0 Å². The number of hydrogen-bond acceptors (Lipinski definition) is 2. The molecular weight excluding hydrogens is 538 g/mol. The van der Waals surface area contributed by atoms with Crippen molar-refractivity contribution >= 4 is 48.4 Å². The highest BCUT2D eigenvalue weighted by Gasteiger charge is 2.22. The maximum Gasteiger partial charge on any atom is 0.149 e. The lowest BCUT2D eigenvalue weighted by atomic mass is 10.0. The Kier molecular flexibility index (Phi) is 5.08. The van der Waals surface area contributed by atoms with E-state index in [1.165, 1.54) is 0 Å². The Labute approximate surface area is 208 Å². The lowest BCUT2D eigenvalue weighted by Crippen LogP contribution is -2.00. The summed E-state index contributed by atoms with van der Waals surface area (Å²) >= 11 is 7.19. The minimum atomic E-state index is 0.862. The molecule has 33 heavy (non-hydrogen) atoms. The zero-order valence-corrected chi connectivity index (χ0v) is 20.6. The SMILES string of the molecule is Brc1ccc(-c2nc3ccc(Br)cc3c3nc(-c4ccccc4)c(-c4ccccc4)n23)cc1. The van der Waals surface area contributed by atoms with Crippen molar-refractivity contribution in [3.8, 4) is 33.9 Å². The van der Waals surface area contributed by atoms with Crippen molar-refractivity contribution < 1.29 is 0 Å². The third-order valence-electron chi connectivity index (χ3n) is 5.71. The molecule has 158 valence electrons. The van der Waals surface area contributed by atoms with Crippen molar-refractivity contribution in [1.29, 1.82) is 0 Å². The van der Waals surface area contributed by atoms with E-state index < -0.39 is 0 Å². The number of benzene rings is 4. The number of halogens is 2. The van der Waals surface area contributed by atoms with Gasteiger partial charge in [-0.2, -0.15) is 0 Å². The molecule has 5 heteroatoms. The molecule has 0 N–H and O–H groups in total. The van der Waals surface area contributed by atoms with Gasteiger partial charge in [0, 0.05) is 31.0 Å². The number of aromatic nitrogens is 3. The fourth-order valence-electron chi connectivity index (χ4n) is 4.21. The fraction of sp³-hybridized carbons (Fsp3) is 0. The van der Waals surface area contributed by atoms with Crippen molar-refractivity contribution in [1.82, 2.24) is 14.4 Å². The van der Waals surface area contributed by atoms with Crippen LogP contribution in [-0.4, -0.2) is 14.4 Å². The Bertz CT molecular complexity index is 1610. The van der Waals surface area contributed by atoms with E-state index in [0.29, 0.717) is 0 Å². The molecule has 4 aromatic carbocycles. The molecule has 6 aromatic rings. The Balaban J connectivity index is 1.82. The van der Waals surface area contributed by atoms with Gasteiger partial charge in [0.05, 0.1) is 16.9 Å². The van der Waals surface area contributed by atoms with Crippen LogP contribution in [0.2, 0.25) is 0 Å². The third-order valence-corrected chi connectivity index (χ3v) is 6.73. The van der Waals surface area contributed by atoms with E-state index in [-0.39, 0.29) is 0 Å². The van der Waals surface area contributed by atoms with Gasteiger partial charge in [0.2, 0.25) is 0 Å². The first-order chi connectivity index (χ1) is 16.2. The van der Waals surface area contributed by atoms with Gasteiger partial charge in [0.1, 0.15) is 11.5 Å². The lowest BCUT2D eigenvalue weighted by molar-refractivity contribution is 1.13. The van der Waals surface area contributed by atoms with Gasteiger partial charge >= 0.3 is 0 Å². The summed E-state index contributed by atoms with van der Waals surface area (Å²) in [6.45, 7) is 0. The van der Waals surface area contributed by atoms with Crippen molar-refractivity contribution in [3.05, 3.63) is 112 Å².